The zero-order valence-electron chi connectivity index (χ0n) is 15.3. The molecule has 4 rings (SSSR count). The van der Waals surface area contributed by atoms with Crippen LogP contribution < -0.4 is 5.56 Å². The van der Waals surface area contributed by atoms with Gasteiger partial charge in [0.05, 0.1) is 22.2 Å². The lowest BCUT2D eigenvalue weighted by Crippen LogP contribution is -2.19. The third-order valence-corrected chi connectivity index (χ3v) is 5.44. The first-order chi connectivity index (χ1) is 13.4. The molecule has 0 aliphatic rings. The third-order valence-electron chi connectivity index (χ3n) is 4.37. The Morgan fingerprint density at radius 3 is 2.71 bits per heavy atom. The number of thiophene rings is 1. The van der Waals surface area contributed by atoms with E-state index in [2.05, 4.69) is 15.1 Å². The number of aromatic nitrogens is 3. The number of hydrogen-bond donors (Lipinski definition) is 0. The lowest BCUT2D eigenvalue weighted by atomic mass is 10.1. The maximum absolute atomic E-state index is 13.0. The van der Waals surface area contributed by atoms with Gasteiger partial charge in [-0.25, -0.2) is 9.97 Å². The molecular formula is C19H15N5O3S. The highest BCUT2D eigenvalue weighted by Crippen LogP contribution is 2.32. The smallest absolute Gasteiger partial charge is 0.266 e. The molecule has 140 valence electrons. The second-order valence-electron chi connectivity index (χ2n) is 6.38. The van der Waals surface area contributed by atoms with Gasteiger partial charge in [-0.1, -0.05) is 12.1 Å². The van der Waals surface area contributed by atoms with Crippen LogP contribution in [-0.2, 0) is 0 Å². The number of fused-ring (bicyclic) bond motifs is 3. The van der Waals surface area contributed by atoms with Crippen molar-refractivity contribution in [2.75, 3.05) is 0 Å². The second-order valence-corrected chi connectivity index (χ2v) is 7.38. The van der Waals surface area contributed by atoms with Crippen LogP contribution in [0, 0.1) is 30.9 Å². The van der Waals surface area contributed by atoms with Crippen molar-refractivity contribution < 1.29 is 4.92 Å². The maximum atomic E-state index is 13.0. The molecule has 0 aliphatic heterocycles. The van der Waals surface area contributed by atoms with E-state index in [4.69, 9.17) is 0 Å². The van der Waals surface area contributed by atoms with Gasteiger partial charge >= 0.3 is 0 Å². The molecule has 0 N–H and O–H groups in total. The molecule has 0 saturated heterocycles. The summed E-state index contributed by atoms with van der Waals surface area (Å²) in [5.41, 5.74) is 2.41. The molecule has 3 aromatic heterocycles. The molecule has 0 unspecified atom stereocenters. The van der Waals surface area contributed by atoms with Crippen molar-refractivity contribution in [2.24, 2.45) is 5.10 Å². The second kappa shape index (κ2) is 6.61. The van der Waals surface area contributed by atoms with Crippen LogP contribution in [0.4, 0.5) is 5.69 Å². The summed E-state index contributed by atoms with van der Waals surface area (Å²) in [5, 5.41) is 16.2. The number of nitro benzene ring substituents is 1. The quantitative estimate of drug-likeness (QED) is 0.300. The molecule has 0 saturated carbocycles. The fourth-order valence-electron chi connectivity index (χ4n) is 3.15. The summed E-state index contributed by atoms with van der Waals surface area (Å²) >= 11 is 1.28. The Morgan fingerprint density at radius 2 is 1.96 bits per heavy atom. The van der Waals surface area contributed by atoms with Crippen molar-refractivity contribution in [1.29, 1.82) is 0 Å². The van der Waals surface area contributed by atoms with Crippen LogP contribution in [0.2, 0.25) is 0 Å². The monoisotopic (exact) mass is 393 g/mol. The Hall–Kier alpha value is -3.46. The highest BCUT2D eigenvalue weighted by Gasteiger charge is 2.17. The van der Waals surface area contributed by atoms with Crippen LogP contribution in [0.25, 0.3) is 20.4 Å². The molecule has 0 radical (unpaired) electrons. The molecular weight excluding hydrogens is 378 g/mol. The van der Waals surface area contributed by atoms with E-state index in [0.29, 0.717) is 21.6 Å². The van der Waals surface area contributed by atoms with E-state index >= 15 is 0 Å². The normalized spacial score (nSPS) is 11.7. The SMILES string of the molecule is Cc1cc(C)c2c(n1)sc1c(=O)n(/N=C/c3ccccc3[N+](=O)[O-])c(C)nc12. The van der Waals surface area contributed by atoms with Crippen molar-refractivity contribution >= 4 is 43.7 Å². The first-order valence-corrected chi connectivity index (χ1v) is 9.26. The first-order valence-electron chi connectivity index (χ1n) is 8.44. The van der Waals surface area contributed by atoms with Crippen molar-refractivity contribution in [3.63, 3.8) is 0 Å². The highest BCUT2D eigenvalue weighted by molar-refractivity contribution is 7.25. The predicted octanol–water partition coefficient (Wildman–Crippen LogP) is 3.72. The van der Waals surface area contributed by atoms with E-state index in [-0.39, 0.29) is 11.2 Å². The Labute approximate surface area is 163 Å². The lowest BCUT2D eigenvalue weighted by Gasteiger charge is -2.04. The van der Waals surface area contributed by atoms with Gasteiger partial charge in [-0.15, -0.1) is 11.3 Å². The molecule has 8 nitrogen and oxygen atoms in total. The molecule has 0 amide bonds. The summed E-state index contributed by atoms with van der Waals surface area (Å²) in [5.74, 6) is 0.395. The van der Waals surface area contributed by atoms with Crippen molar-refractivity contribution in [1.82, 2.24) is 14.6 Å². The molecule has 9 heteroatoms. The van der Waals surface area contributed by atoms with Crippen LogP contribution in [0.5, 0.6) is 0 Å². The molecule has 0 aliphatic carbocycles. The Bertz CT molecular complexity index is 1350. The fraction of sp³-hybridized carbons (Fsp3) is 0.158. The van der Waals surface area contributed by atoms with E-state index < -0.39 is 4.92 Å². The van der Waals surface area contributed by atoms with E-state index in [1.165, 1.54) is 23.6 Å². The molecule has 0 spiro atoms. The Balaban J connectivity index is 1.92. The van der Waals surface area contributed by atoms with Crippen LogP contribution in [0.15, 0.2) is 40.2 Å². The van der Waals surface area contributed by atoms with Gasteiger partial charge < -0.3 is 0 Å². The van der Waals surface area contributed by atoms with E-state index in [1.807, 2.05) is 19.9 Å². The van der Waals surface area contributed by atoms with Gasteiger partial charge in [0.2, 0.25) is 0 Å². The number of aryl methyl sites for hydroxylation is 3. The summed E-state index contributed by atoms with van der Waals surface area (Å²) in [6.07, 6.45) is 1.31. The maximum Gasteiger partial charge on any atom is 0.292 e. The summed E-state index contributed by atoms with van der Waals surface area (Å²) in [6, 6.07) is 8.18. The van der Waals surface area contributed by atoms with Gasteiger partial charge in [0.1, 0.15) is 15.4 Å². The Morgan fingerprint density at radius 1 is 1.21 bits per heavy atom. The third kappa shape index (κ3) is 2.85. The highest BCUT2D eigenvalue weighted by atomic mass is 32.1. The number of hydrogen-bond acceptors (Lipinski definition) is 7. The van der Waals surface area contributed by atoms with E-state index in [1.54, 1.807) is 25.1 Å². The van der Waals surface area contributed by atoms with Gasteiger partial charge in [-0.05, 0) is 38.5 Å². The number of rotatable bonds is 3. The van der Waals surface area contributed by atoms with Crippen LogP contribution in [0.1, 0.15) is 22.6 Å². The fourth-order valence-corrected chi connectivity index (χ4v) is 4.31. The number of nitrogens with zero attached hydrogens (tertiary/aromatic N) is 5. The van der Waals surface area contributed by atoms with Crippen LogP contribution >= 0.6 is 11.3 Å². The molecule has 0 atom stereocenters. The van der Waals surface area contributed by atoms with E-state index in [9.17, 15) is 14.9 Å². The zero-order chi connectivity index (χ0) is 20.0. The lowest BCUT2D eigenvalue weighted by molar-refractivity contribution is -0.385. The van der Waals surface area contributed by atoms with Gasteiger partial charge in [0.25, 0.3) is 11.2 Å². The van der Waals surface area contributed by atoms with Crippen molar-refractivity contribution in [3.8, 4) is 0 Å². The van der Waals surface area contributed by atoms with Gasteiger partial charge in [0.15, 0.2) is 0 Å². The van der Waals surface area contributed by atoms with Crippen LogP contribution in [-0.4, -0.2) is 25.8 Å². The van der Waals surface area contributed by atoms with Gasteiger partial charge in [0, 0.05) is 17.1 Å². The van der Waals surface area contributed by atoms with Crippen molar-refractivity contribution in [3.05, 3.63) is 73.4 Å². The number of para-hydroxylation sites is 1. The molecule has 0 fully saturated rings. The molecule has 4 aromatic rings. The van der Waals surface area contributed by atoms with E-state index in [0.717, 1.165) is 26.2 Å². The molecule has 28 heavy (non-hydrogen) atoms. The average molecular weight is 393 g/mol. The van der Waals surface area contributed by atoms with Gasteiger partial charge in [-0.3, -0.25) is 14.9 Å². The summed E-state index contributed by atoms with van der Waals surface area (Å²) < 4.78 is 1.62. The number of nitro groups is 1. The predicted molar refractivity (Wildman–Crippen MR) is 109 cm³/mol. The summed E-state index contributed by atoms with van der Waals surface area (Å²) in [6.45, 7) is 5.56. The number of pyridine rings is 1. The van der Waals surface area contributed by atoms with Crippen molar-refractivity contribution in [2.45, 2.75) is 20.8 Å². The molecule has 3 heterocycles. The van der Waals surface area contributed by atoms with Gasteiger partial charge in [-0.2, -0.15) is 9.78 Å². The number of benzene rings is 1. The minimum atomic E-state index is -0.485. The van der Waals surface area contributed by atoms with Crippen LogP contribution in [0.3, 0.4) is 0 Å². The standard InChI is InChI=1S/C19H15N5O3S/c1-10-8-11(2)21-18-15(10)16-17(28-18)19(25)23(12(3)22-16)20-9-13-6-4-5-7-14(13)24(26)27/h4-9H,1-3H3/b20-9+. The summed E-state index contributed by atoms with van der Waals surface area (Å²) in [4.78, 5) is 33.5. The summed E-state index contributed by atoms with van der Waals surface area (Å²) in [7, 11) is 0. The largest absolute Gasteiger partial charge is 0.292 e. The molecule has 1 aromatic carbocycles. The Kier molecular flexibility index (Phi) is 4.23. The topological polar surface area (TPSA) is 103 Å². The minimum absolute atomic E-state index is 0.0804. The minimum Gasteiger partial charge on any atom is -0.266 e. The zero-order valence-corrected chi connectivity index (χ0v) is 16.1. The molecule has 0 bridgehead atoms. The first kappa shape index (κ1) is 17.9. The average Bonchev–Trinajstić information content (AvgIpc) is 3.00.